The maximum atomic E-state index is 13.1. The third kappa shape index (κ3) is 4.22. The summed E-state index contributed by atoms with van der Waals surface area (Å²) in [6.07, 6.45) is 5.10. The van der Waals surface area contributed by atoms with Gasteiger partial charge in [0.2, 0.25) is 0 Å². The van der Waals surface area contributed by atoms with Crippen LogP contribution in [0.15, 0.2) is 36.7 Å². The van der Waals surface area contributed by atoms with E-state index in [-0.39, 0.29) is 17.8 Å². The normalized spacial score (nSPS) is 14.8. The first kappa shape index (κ1) is 19.3. The standard InChI is InChI=1S/C21H24FN5O2/c1-2-27-20-17(13-25-27)19(26-16-7-9-29-10-8-16)18(12-23-20)21(28)24-11-14-3-5-15(22)6-4-14/h3-6,12-13,16H,2,7-11H2,1H3,(H,23,26)(H,24,28). The molecule has 1 fully saturated rings. The van der Waals surface area contributed by atoms with Crippen molar-refractivity contribution in [2.24, 2.45) is 0 Å². The van der Waals surface area contributed by atoms with E-state index in [0.29, 0.717) is 31.9 Å². The van der Waals surface area contributed by atoms with Gasteiger partial charge in [-0.05, 0) is 37.5 Å². The molecule has 7 nitrogen and oxygen atoms in total. The van der Waals surface area contributed by atoms with Crippen molar-refractivity contribution in [3.05, 3.63) is 53.6 Å². The summed E-state index contributed by atoms with van der Waals surface area (Å²) in [5, 5.41) is 11.7. The van der Waals surface area contributed by atoms with Gasteiger partial charge in [0.05, 0.1) is 22.8 Å². The molecule has 1 amide bonds. The Morgan fingerprint density at radius 3 is 2.72 bits per heavy atom. The highest BCUT2D eigenvalue weighted by atomic mass is 19.1. The Kier molecular flexibility index (Phi) is 5.71. The quantitative estimate of drug-likeness (QED) is 0.668. The summed E-state index contributed by atoms with van der Waals surface area (Å²) >= 11 is 0. The van der Waals surface area contributed by atoms with E-state index in [4.69, 9.17) is 4.74 Å². The van der Waals surface area contributed by atoms with Gasteiger partial charge in [0.15, 0.2) is 5.65 Å². The minimum Gasteiger partial charge on any atom is -0.381 e. The lowest BCUT2D eigenvalue weighted by Crippen LogP contribution is -2.30. The Bertz CT molecular complexity index is 996. The lowest BCUT2D eigenvalue weighted by Gasteiger charge is -2.25. The van der Waals surface area contributed by atoms with E-state index in [0.717, 1.165) is 35.1 Å². The largest absolute Gasteiger partial charge is 0.381 e. The van der Waals surface area contributed by atoms with Gasteiger partial charge < -0.3 is 15.4 Å². The molecule has 29 heavy (non-hydrogen) atoms. The van der Waals surface area contributed by atoms with Crippen LogP contribution in [-0.4, -0.2) is 39.9 Å². The summed E-state index contributed by atoms with van der Waals surface area (Å²) in [7, 11) is 0. The molecule has 0 bridgehead atoms. The van der Waals surface area contributed by atoms with Gasteiger partial charge in [0.1, 0.15) is 5.82 Å². The SMILES string of the molecule is CCn1ncc2c(NC3CCOCC3)c(C(=O)NCc3ccc(F)cc3)cnc21. The number of aromatic nitrogens is 3. The third-order valence-corrected chi connectivity index (χ3v) is 5.15. The average molecular weight is 397 g/mol. The molecule has 0 unspecified atom stereocenters. The molecule has 0 saturated carbocycles. The second-order valence-electron chi connectivity index (χ2n) is 7.08. The van der Waals surface area contributed by atoms with Crippen molar-refractivity contribution in [1.29, 1.82) is 0 Å². The Morgan fingerprint density at radius 2 is 2.00 bits per heavy atom. The van der Waals surface area contributed by atoms with Crippen LogP contribution in [0.25, 0.3) is 11.0 Å². The number of aryl methyl sites for hydroxylation is 1. The maximum absolute atomic E-state index is 13.1. The first-order valence-electron chi connectivity index (χ1n) is 9.87. The molecule has 4 rings (SSSR count). The van der Waals surface area contributed by atoms with Crippen LogP contribution in [-0.2, 0) is 17.8 Å². The van der Waals surface area contributed by atoms with Crippen LogP contribution in [0.5, 0.6) is 0 Å². The summed E-state index contributed by atoms with van der Waals surface area (Å²) in [5.41, 5.74) is 2.80. The number of pyridine rings is 1. The van der Waals surface area contributed by atoms with Gasteiger partial charge in [0.25, 0.3) is 5.91 Å². The van der Waals surface area contributed by atoms with Crippen molar-refractivity contribution in [3.8, 4) is 0 Å². The minimum absolute atomic E-state index is 0.225. The number of fused-ring (bicyclic) bond motifs is 1. The van der Waals surface area contributed by atoms with Gasteiger partial charge in [0, 0.05) is 38.5 Å². The molecule has 0 atom stereocenters. The highest BCUT2D eigenvalue weighted by Crippen LogP contribution is 2.28. The molecule has 0 aliphatic carbocycles. The number of rotatable bonds is 6. The van der Waals surface area contributed by atoms with Gasteiger partial charge in [-0.25, -0.2) is 14.1 Å². The summed E-state index contributed by atoms with van der Waals surface area (Å²) in [6.45, 7) is 4.41. The van der Waals surface area contributed by atoms with Crippen LogP contribution >= 0.6 is 0 Å². The van der Waals surface area contributed by atoms with E-state index >= 15 is 0 Å². The number of nitrogens with zero attached hydrogens (tertiary/aromatic N) is 3. The predicted molar refractivity (Wildman–Crippen MR) is 108 cm³/mol. The van der Waals surface area contributed by atoms with Crippen LogP contribution in [0.1, 0.15) is 35.7 Å². The lowest BCUT2D eigenvalue weighted by molar-refractivity contribution is 0.0904. The number of halogens is 1. The molecule has 2 aromatic heterocycles. The minimum atomic E-state index is -0.300. The van der Waals surface area contributed by atoms with E-state index in [1.807, 2.05) is 11.6 Å². The number of carbonyl (C=O) groups is 1. The fourth-order valence-electron chi connectivity index (χ4n) is 3.51. The Morgan fingerprint density at radius 1 is 1.24 bits per heavy atom. The molecule has 152 valence electrons. The Balaban J connectivity index is 1.61. The van der Waals surface area contributed by atoms with Gasteiger partial charge in [-0.2, -0.15) is 5.10 Å². The second kappa shape index (κ2) is 8.57. The van der Waals surface area contributed by atoms with Crippen molar-refractivity contribution < 1.29 is 13.9 Å². The molecular weight excluding hydrogens is 373 g/mol. The Labute approximate surface area is 168 Å². The number of ether oxygens (including phenoxy) is 1. The highest BCUT2D eigenvalue weighted by molar-refractivity contribution is 6.06. The van der Waals surface area contributed by atoms with Crippen LogP contribution in [0.4, 0.5) is 10.1 Å². The van der Waals surface area contributed by atoms with Crippen molar-refractivity contribution in [2.45, 2.75) is 38.9 Å². The van der Waals surface area contributed by atoms with E-state index in [2.05, 4.69) is 20.7 Å². The van der Waals surface area contributed by atoms with E-state index in [9.17, 15) is 9.18 Å². The first-order chi connectivity index (χ1) is 14.2. The van der Waals surface area contributed by atoms with Crippen LogP contribution in [0.2, 0.25) is 0 Å². The molecule has 3 heterocycles. The number of hydrogen-bond acceptors (Lipinski definition) is 5. The van der Waals surface area contributed by atoms with Crippen molar-refractivity contribution >= 4 is 22.6 Å². The second-order valence-corrected chi connectivity index (χ2v) is 7.08. The average Bonchev–Trinajstić information content (AvgIpc) is 3.18. The smallest absolute Gasteiger partial charge is 0.255 e. The van der Waals surface area contributed by atoms with Crippen LogP contribution in [0.3, 0.4) is 0 Å². The fourth-order valence-corrected chi connectivity index (χ4v) is 3.51. The molecule has 8 heteroatoms. The zero-order valence-corrected chi connectivity index (χ0v) is 16.3. The molecule has 2 N–H and O–H groups in total. The molecule has 1 aromatic carbocycles. The number of benzene rings is 1. The number of hydrogen-bond donors (Lipinski definition) is 2. The lowest BCUT2D eigenvalue weighted by atomic mass is 10.1. The number of nitrogens with one attached hydrogen (secondary N) is 2. The Hall–Kier alpha value is -3.00. The summed E-state index contributed by atoms with van der Waals surface area (Å²) in [5.74, 6) is -0.534. The number of anilines is 1. The van der Waals surface area contributed by atoms with Gasteiger partial charge in [-0.15, -0.1) is 0 Å². The highest BCUT2D eigenvalue weighted by Gasteiger charge is 2.22. The van der Waals surface area contributed by atoms with Crippen LogP contribution < -0.4 is 10.6 Å². The summed E-state index contributed by atoms with van der Waals surface area (Å²) < 4.78 is 20.3. The van der Waals surface area contributed by atoms with E-state index < -0.39 is 0 Å². The predicted octanol–water partition coefficient (Wildman–Crippen LogP) is 3.11. The summed E-state index contributed by atoms with van der Waals surface area (Å²) in [6, 6.07) is 6.30. The molecule has 1 aliphatic heterocycles. The third-order valence-electron chi connectivity index (χ3n) is 5.15. The monoisotopic (exact) mass is 397 g/mol. The maximum Gasteiger partial charge on any atom is 0.255 e. The zero-order chi connectivity index (χ0) is 20.2. The molecule has 0 spiro atoms. The number of amides is 1. The van der Waals surface area contributed by atoms with E-state index in [1.165, 1.54) is 12.1 Å². The van der Waals surface area contributed by atoms with Gasteiger partial charge >= 0.3 is 0 Å². The molecular formula is C21H24FN5O2. The van der Waals surface area contributed by atoms with Crippen molar-refractivity contribution in [1.82, 2.24) is 20.1 Å². The molecule has 1 saturated heterocycles. The number of carbonyl (C=O) groups excluding carboxylic acids is 1. The molecule has 0 radical (unpaired) electrons. The van der Waals surface area contributed by atoms with Crippen molar-refractivity contribution in [3.63, 3.8) is 0 Å². The molecule has 3 aromatic rings. The first-order valence-corrected chi connectivity index (χ1v) is 9.87. The van der Waals surface area contributed by atoms with Crippen LogP contribution in [0, 0.1) is 5.82 Å². The zero-order valence-electron chi connectivity index (χ0n) is 16.3. The van der Waals surface area contributed by atoms with E-state index in [1.54, 1.807) is 24.5 Å². The van der Waals surface area contributed by atoms with Gasteiger partial charge in [-0.3, -0.25) is 4.79 Å². The summed E-state index contributed by atoms with van der Waals surface area (Å²) in [4.78, 5) is 17.4. The topological polar surface area (TPSA) is 81.1 Å². The van der Waals surface area contributed by atoms with Gasteiger partial charge in [-0.1, -0.05) is 12.1 Å². The fraction of sp³-hybridized carbons (Fsp3) is 0.381. The molecule has 1 aliphatic rings. The van der Waals surface area contributed by atoms with Crippen molar-refractivity contribution in [2.75, 3.05) is 18.5 Å².